The fourth-order valence-electron chi connectivity index (χ4n) is 3.95. The Balaban J connectivity index is 1.60. The number of hydrogen-bond acceptors (Lipinski definition) is 4. The smallest absolute Gasteiger partial charge is 0.321 e. The fraction of sp³-hybridized carbons (Fsp3) is 0.550. The predicted molar refractivity (Wildman–Crippen MR) is 105 cm³/mol. The van der Waals surface area contributed by atoms with Crippen LogP contribution in [0.4, 0.5) is 20.6 Å². The summed E-state index contributed by atoms with van der Waals surface area (Å²) in [5.41, 5.74) is 0.877. The lowest BCUT2D eigenvalue weighted by molar-refractivity contribution is -0.119. The molecule has 3 unspecified atom stereocenters. The van der Waals surface area contributed by atoms with Gasteiger partial charge in [0.15, 0.2) is 0 Å². The topological polar surface area (TPSA) is 90.5 Å². The number of nitrogens with one attached hydrogen (secondary N) is 3. The Labute approximate surface area is 164 Å². The van der Waals surface area contributed by atoms with Crippen molar-refractivity contribution >= 4 is 29.2 Å². The molecule has 152 valence electrons. The van der Waals surface area contributed by atoms with Gasteiger partial charge < -0.3 is 15.5 Å². The standard InChI is InChI=1S/C20H27FN4O3/c1-12-4-3-5-15(13(12)2)23-20(28)24-19(27)11-25-9-8-18(26)22-16-10-14(21)6-7-17(16)25/h6-7,10,12-13,15H,3-5,8-9,11H2,1-2H3,(H,22,26)(H2,23,24,27,28). The molecule has 7 nitrogen and oxygen atoms in total. The molecule has 1 fully saturated rings. The van der Waals surface area contributed by atoms with E-state index in [1.54, 1.807) is 4.90 Å². The van der Waals surface area contributed by atoms with Gasteiger partial charge in [0.25, 0.3) is 0 Å². The van der Waals surface area contributed by atoms with Gasteiger partial charge in [-0.3, -0.25) is 14.9 Å². The van der Waals surface area contributed by atoms with Crippen LogP contribution in [0.1, 0.15) is 39.5 Å². The zero-order chi connectivity index (χ0) is 20.3. The van der Waals surface area contributed by atoms with Gasteiger partial charge in [0, 0.05) is 19.0 Å². The molecule has 0 bridgehead atoms. The van der Waals surface area contributed by atoms with Crippen LogP contribution in [0.5, 0.6) is 0 Å². The van der Waals surface area contributed by atoms with Gasteiger partial charge >= 0.3 is 6.03 Å². The highest BCUT2D eigenvalue weighted by Crippen LogP contribution is 2.30. The molecule has 0 spiro atoms. The number of hydrogen-bond donors (Lipinski definition) is 3. The molecule has 28 heavy (non-hydrogen) atoms. The fourth-order valence-corrected chi connectivity index (χ4v) is 3.95. The van der Waals surface area contributed by atoms with E-state index in [0.29, 0.717) is 29.8 Å². The Hall–Kier alpha value is -2.64. The second-order valence-corrected chi connectivity index (χ2v) is 7.78. The largest absolute Gasteiger partial charge is 0.360 e. The number of fused-ring (bicyclic) bond motifs is 1. The van der Waals surface area contributed by atoms with Gasteiger partial charge in [0.05, 0.1) is 17.9 Å². The second kappa shape index (κ2) is 8.58. The number of amides is 4. The summed E-state index contributed by atoms with van der Waals surface area (Å²) in [6.45, 7) is 4.50. The van der Waals surface area contributed by atoms with E-state index in [0.717, 1.165) is 19.3 Å². The van der Waals surface area contributed by atoms with E-state index in [1.165, 1.54) is 18.2 Å². The van der Waals surface area contributed by atoms with Crippen LogP contribution in [0.15, 0.2) is 18.2 Å². The highest BCUT2D eigenvalue weighted by Gasteiger charge is 2.29. The number of imide groups is 1. The maximum atomic E-state index is 13.5. The van der Waals surface area contributed by atoms with E-state index in [9.17, 15) is 18.8 Å². The van der Waals surface area contributed by atoms with Gasteiger partial charge in [0.1, 0.15) is 5.82 Å². The van der Waals surface area contributed by atoms with Crippen molar-refractivity contribution in [3.63, 3.8) is 0 Å². The number of nitrogens with zero attached hydrogens (tertiary/aromatic N) is 1. The molecule has 1 aromatic rings. The van der Waals surface area contributed by atoms with Gasteiger partial charge in [-0.15, -0.1) is 0 Å². The molecular weight excluding hydrogens is 363 g/mol. The lowest BCUT2D eigenvalue weighted by atomic mass is 9.78. The summed E-state index contributed by atoms with van der Waals surface area (Å²) in [5.74, 6) is -0.292. The summed E-state index contributed by atoms with van der Waals surface area (Å²) in [5, 5.41) is 7.92. The molecule has 0 radical (unpaired) electrons. The van der Waals surface area contributed by atoms with E-state index in [4.69, 9.17) is 0 Å². The van der Waals surface area contributed by atoms with Gasteiger partial charge in [-0.25, -0.2) is 9.18 Å². The van der Waals surface area contributed by atoms with Crippen molar-refractivity contribution < 1.29 is 18.8 Å². The lowest BCUT2D eigenvalue weighted by Gasteiger charge is -2.34. The van der Waals surface area contributed by atoms with E-state index in [-0.39, 0.29) is 24.9 Å². The number of carbonyl (C=O) groups is 3. The van der Waals surface area contributed by atoms with E-state index in [1.807, 2.05) is 0 Å². The Morgan fingerprint density at radius 3 is 2.86 bits per heavy atom. The van der Waals surface area contributed by atoms with E-state index >= 15 is 0 Å². The summed E-state index contributed by atoms with van der Waals surface area (Å²) < 4.78 is 13.5. The molecule has 1 aliphatic heterocycles. The van der Waals surface area contributed by atoms with Crippen LogP contribution in [-0.4, -0.2) is 37.0 Å². The number of anilines is 2. The summed E-state index contributed by atoms with van der Waals surface area (Å²) in [4.78, 5) is 38.1. The van der Waals surface area contributed by atoms with Crippen LogP contribution in [0.2, 0.25) is 0 Å². The van der Waals surface area contributed by atoms with E-state index < -0.39 is 17.8 Å². The summed E-state index contributed by atoms with van der Waals surface area (Å²) in [7, 11) is 0. The zero-order valence-corrected chi connectivity index (χ0v) is 16.3. The monoisotopic (exact) mass is 390 g/mol. The molecule has 1 saturated carbocycles. The maximum absolute atomic E-state index is 13.5. The number of carbonyl (C=O) groups excluding carboxylic acids is 3. The van der Waals surface area contributed by atoms with Gasteiger partial charge in [-0.2, -0.15) is 0 Å². The van der Waals surface area contributed by atoms with Gasteiger partial charge in [-0.1, -0.05) is 26.7 Å². The zero-order valence-electron chi connectivity index (χ0n) is 16.3. The first kappa shape index (κ1) is 20.1. The Bertz CT molecular complexity index is 770. The van der Waals surface area contributed by atoms with Crippen molar-refractivity contribution in [3.05, 3.63) is 24.0 Å². The third-order valence-corrected chi connectivity index (χ3v) is 5.79. The Morgan fingerprint density at radius 1 is 1.29 bits per heavy atom. The first-order valence-electron chi connectivity index (χ1n) is 9.78. The molecule has 2 aliphatic rings. The third-order valence-electron chi connectivity index (χ3n) is 5.79. The van der Waals surface area contributed by atoms with Crippen LogP contribution in [-0.2, 0) is 9.59 Å². The molecule has 4 amide bonds. The first-order chi connectivity index (χ1) is 13.3. The lowest BCUT2D eigenvalue weighted by Crippen LogP contribution is -2.51. The molecule has 3 rings (SSSR count). The number of urea groups is 1. The normalized spacial score (nSPS) is 24.6. The molecule has 1 aromatic carbocycles. The van der Waals surface area contributed by atoms with Crippen molar-refractivity contribution in [1.29, 1.82) is 0 Å². The molecule has 0 aromatic heterocycles. The van der Waals surface area contributed by atoms with Crippen LogP contribution >= 0.6 is 0 Å². The Kier molecular flexibility index (Phi) is 6.16. The molecule has 3 N–H and O–H groups in total. The van der Waals surface area contributed by atoms with E-state index in [2.05, 4.69) is 29.8 Å². The van der Waals surface area contributed by atoms with Crippen LogP contribution in [0.25, 0.3) is 0 Å². The SMILES string of the molecule is CC1CCCC(NC(=O)NC(=O)CN2CCC(=O)Nc3cc(F)ccc32)C1C. The molecule has 0 saturated heterocycles. The maximum Gasteiger partial charge on any atom is 0.321 e. The number of rotatable bonds is 3. The van der Waals surface area contributed by atoms with Crippen molar-refractivity contribution in [2.75, 3.05) is 23.3 Å². The minimum absolute atomic E-state index is 0.0558. The quantitative estimate of drug-likeness (QED) is 0.740. The molecule has 1 heterocycles. The summed E-state index contributed by atoms with van der Waals surface area (Å²) >= 11 is 0. The summed E-state index contributed by atoms with van der Waals surface area (Å²) in [6.07, 6.45) is 3.30. The minimum Gasteiger partial charge on any atom is -0.360 e. The van der Waals surface area contributed by atoms with Crippen LogP contribution in [0, 0.1) is 17.7 Å². The van der Waals surface area contributed by atoms with Crippen LogP contribution < -0.4 is 20.9 Å². The molecule has 1 aliphatic carbocycles. The number of halogens is 1. The third kappa shape index (κ3) is 4.79. The molecule has 8 heteroatoms. The van der Waals surface area contributed by atoms with Crippen molar-refractivity contribution in [3.8, 4) is 0 Å². The number of benzene rings is 1. The van der Waals surface area contributed by atoms with Crippen LogP contribution in [0.3, 0.4) is 0 Å². The predicted octanol–water partition coefficient (Wildman–Crippen LogP) is 2.62. The van der Waals surface area contributed by atoms with Crippen molar-refractivity contribution in [2.45, 2.75) is 45.6 Å². The van der Waals surface area contributed by atoms with Crippen molar-refractivity contribution in [1.82, 2.24) is 10.6 Å². The average Bonchev–Trinajstić information content (AvgIpc) is 2.77. The minimum atomic E-state index is -0.501. The second-order valence-electron chi connectivity index (χ2n) is 7.78. The highest BCUT2D eigenvalue weighted by molar-refractivity contribution is 5.99. The highest BCUT2D eigenvalue weighted by atomic mass is 19.1. The first-order valence-corrected chi connectivity index (χ1v) is 9.78. The average molecular weight is 390 g/mol. The van der Waals surface area contributed by atoms with Gasteiger partial charge in [0.2, 0.25) is 11.8 Å². The van der Waals surface area contributed by atoms with Crippen molar-refractivity contribution in [2.24, 2.45) is 11.8 Å². The Morgan fingerprint density at radius 2 is 2.07 bits per heavy atom. The van der Waals surface area contributed by atoms with Gasteiger partial charge in [-0.05, 0) is 36.5 Å². The molecule has 3 atom stereocenters. The summed E-state index contributed by atoms with van der Waals surface area (Å²) in [6, 6.07) is 3.58. The molecular formula is C20H27FN4O3.